The number of rotatable bonds is 4. The van der Waals surface area contributed by atoms with Crippen LogP contribution in [0.3, 0.4) is 0 Å². The molecular weight excluding hydrogens is 390 g/mol. The highest BCUT2D eigenvalue weighted by atomic mass is 79.9. The maximum Gasteiger partial charge on any atom is 0.339 e. The second-order valence-electron chi connectivity index (χ2n) is 5.42. The third kappa shape index (κ3) is 3.45. The van der Waals surface area contributed by atoms with Crippen LogP contribution in [-0.4, -0.2) is 36.5 Å². The van der Waals surface area contributed by atoms with Gasteiger partial charge in [0, 0.05) is 36.5 Å². The summed E-state index contributed by atoms with van der Waals surface area (Å²) in [7, 11) is 3.36. The molecule has 2 N–H and O–H groups in total. The zero-order valence-corrected chi connectivity index (χ0v) is 15.0. The number of nitrogens with zero attached hydrogens (tertiary/aromatic N) is 4. The molecule has 3 rings (SSSR count). The Kier molecular flexibility index (Phi) is 4.41. The van der Waals surface area contributed by atoms with Crippen LogP contribution in [0.1, 0.15) is 20.7 Å². The Labute approximate surface area is 151 Å². The summed E-state index contributed by atoms with van der Waals surface area (Å²) >= 11 is 3.36. The van der Waals surface area contributed by atoms with Crippen LogP contribution >= 0.6 is 15.9 Å². The summed E-state index contributed by atoms with van der Waals surface area (Å²) in [5.41, 5.74) is 1.70. The maximum atomic E-state index is 12.4. The quantitative estimate of drug-likeness (QED) is 0.696. The van der Waals surface area contributed by atoms with Gasteiger partial charge in [0.05, 0.1) is 17.4 Å². The average molecular weight is 404 g/mol. The van der Waals surface area contributed by atoms with E-state index in [0.717, 1.165) is 4.47 Å². The van der Waals surface area contributed by atoms with Crippen molar-refractivity contribution in [3.63, 3.8) is 0 Å². The average Bonchev–Trinajstić information content (AvgIpc) is 3.13. The number of halogens is 1. The number of carbonyl (C=O) groups is 2. The molecule has 0 spiro atoms. The highest BCUT2D eigenvalue weighted by molar-refractivity contribution is 9.10. The minimum absolute atomic E-state index is 0.0571. The fraction of sp³-hybridized carbons (Fsp3) is 0.125. The van der Waals surface area contributed by atoms with Crippen LogP contribution in [0.5, 0.6) is 0 Å². The summed E-state index contributed by atoms with van der Waals surface area (Å²) in [5.74, 6) is -1.43. The van der Waals surface area contributed by atoms with Gasteiger partial charge in [0.1, 0.15) is 11.3 Å². The molecule has 0 aliphatic heterocycles. The van der Waals surface area contributed by atoms with Crippen LogP contribution in [0.2, 0.25) is 0 Å². The van der Waals surface area contributed by atoms with Crippen LogP contribution in [0.4, 0.5) is 5.69 Å². The molecular formula is C16H14BrN5O3. The van der Waals surface area contributed by atoms with Crippen molar-refractivity contribution in [2.45, 2.75) is 0 Å². The standard InChI is InChI=1S/C16H14BrN5O3/c1-21-7-9(6-18-21)15(23)19-13-5-10(17)3-4-11(13)14-12(16(24)25)8-22(2)20-14/h3-8H,1-2H3,(H,19,23)(H,24,25). The lowest BCUT2D eigenvalue weighted by molar-refractivity contribution is 0.0697. The molecule has 0 saturated carbocycles. The summed E-state index contributed by atoms with van der Waals surface area (Å²) in [4.78, 5) is 23.9. The number of carboxylic acids is 1. The van der Waals surface area contributed by atoms with Crippen LogP contribution in [0.15, 0.2) is 41.3 Å². The molecule has 9 heteroatoms. The molecule has 2 heterocycles. The zero-order chi connectivity index (χ0) is 18.1. The van der Waals surface area contributed by atoms with Crippen molar-refractivity contribution in [2.24, 2.45) is 14.1 Å². The number of hydrogen-bond donors (Lipinski definition) is 2. The van der Waals surface area contributed by atoms with Gasteiger partial charge in [-0.25, -0.2) is 4.79 Å². The molecule has 128 valence electrons. The molecule has 0 fully saturated rings. The van der Waals surface area contributed by atoms with Gasteiger partial charge in [-0.3, -0.25) is 14.2 Å². The molecule has 8 nitrogen and oxygen atoms in total. The smallest absolute Gasteiger partial charge is 0.339 e. The van der Waals surface area contributed by atoms with E-state index in [-0.39, 0.29) is 17.2 Å². The molecule has 3 aromatic rings. The lowest BCUT2D eigenvalue weighted by atomic mass is 10.1. The normalized spacial score (nSPS) is 10.7. The van der Waals surface area contributed by atoms with Crippen molar-refractivity contribution < 1.29 is 14.7 Å². The first-order valence-electron chi connectivity index (χ1n) is 7.22. The van der Waals surface area contributed by atoms with Crippen molar-refractivity contribution >= 4 is 33.5 Å². The van der Waals surface area contributed by atoms with E-state index in [1.807, 2.05) is 0 Å². The third-order valence-electron chi connectivity index (χ3n) is 3.51. The Morgan fingerprint density at radius 2 is 1.96 bits per heavy atom. The number of carboxylic acid groups (broad SMARTS) is 1. The number of nitrogens with one attached hydrogen (secondary N) is 1. The van der Waals surface area contributed by atoms with E-state index >= 15 is 0 Å². The van der Waals surface area contributed by atoms with E-state index in [4.69, 9.17) is 0 Å². The Morgan fingerprint density at radius 3 is 2.60 bits per heavy atom. The number of amides is 1. The first-order valence-corrected chi connectivity index (χ1v) is 8.01. The Hall–Kier alpha value is -2.94. The van der Waals surface area contributed by atoms with E-state index in [9.17, 15) is 14.7 Å². The molecule has 0 aliphatic carbocycles. The first kappa shape index (κ1) is 16.9. The fourth-order valence-electron chi connectivity index (χ4n) is 2.40. The number of aromatic nitrogens is 4. The van der Waals surface area contributed by atoms with Crippen molar-refractivity contribution in [3.8, 4) is 11.3 Å². The Bertz CT molecular complexity index is 976. The first-order chi connectivity index (χ1) is 11.8. The molecule has 2 aromatic heterocycles. The van der Waals surface area contributed by atoms with Gasteiger partial charge in [-0.05, 0) is 18.2 Å². The van der Waals surface area contributed by atoms with Gasteiger partial charge in [-0.15, -0.1) is 0 Å². The van der Waals surface area contributed by atoms with E-state index in [1.54, 1.807) is 38.5 Å². The van der Waals surface area contributed by atoms with Crippen LogP contribution in [-0.2, 0) is 14.1 Å². The van der Waals surface area contributed by atoms with Gasteiger partial charge < -0.3 is 10.4 Å². The number of aromatic carboxylic acids is 1. The van der Waals surface area contributed by atoms with Crippen molar-refractivity contribution in [1.82, 2.24) is 19.6 Å². The summed E-state index contributed by atoms with van der Waals surface area (Å²) in [6.45, 7) is 0. The SMILES string of the molecule is Cn1cc(C(=O)Nc2cc(Br)ccc2-c2nn(C)cc2C(=O)O)cn1. The molecule has 0 radical (unpaired) electrons. The van der Waals surface area contributed by atoms with Crippen LogP contribution in [0.25, 0.3) is 11.3 Å². The second-order valence-corrected chi connectivity index (χ2v) is 6.33. The summed E-state index contributed by atoms with van der Waals surface area (Å²) < 4.78 is 3.69. The maximum absolute atomic E-state index is 12.4. The lowest BCUT2D eigenvalue weighted by Gasteiger charge is -2.10. The summed E-state index contributed by atoms with van der Waals surface area (Å²) in [5, 5.41) is 20.4. The van der Waals surface area contributed by atoms with Gasteiger partial charge >= 0.3 is 5.97 Å². The summed E-state index contributed by atoms with van der Waals surface area (Å²) in [6.07, 6.45) is 4.47. The monoisotopic (exact) mass is 403 g/mol. The van der Waals surface area contributed by atoms with Crippen molar-refractivity contribution in [3.05, 3.63) is 52.4 Å². The minimum Gasteiger partial charge on any atom is -0.478 e. The largest absolute Gasteiger partial charge is 0.478 e. The Balaban J connectivity index is 2.05. The van der Waals surface area contributed by atoms with E-state index < -0.39 is 5.97 Å². The zero-order valence-electron chi connectivity index (χ0n) is 13.4. The predicted octanol–water partition coefficient (Wildman–Crippen LogP) is 2.53. The van der Waals surface area contributed by atoms with E-state index in [0.29, 0.717) is 16.8 Å². The van der Waals surface area contributed by atoms with Crippen LogP contribution < -0.4 is 5.32 Å². The molecule has 0 atom stereocenters. The van der Waals surface area contributed by atoms with Gasteiger partial charge in [-0.1, -0.05) is 15.9 Å². The highest BCUT2D eigenvalue weighted by Gasteiger charge is 2.20. The van der Waals surface area contributed by atoms with E-state index in [2.05, 4.69) is 31.4 Å². The molecule has 0 unspecified atom stereocenters. The van der Waals surface area contributed by atoms with Gasteiger partial charge in [-0.2, -0.15) is 10.2 Å². The predicted molar refractivity (Wildman–Crippen MR) is 94.5 cm³/mol. The second kappa shape index (κ2) is 6.52. The van der Waals surface area contributed by atoms with E-state index in [1.165, 1.54) is 21.8 Å². The Morgan fingerprint density at radius 1 is 1.20 bits per heavy atom. The molecule has 0 saturated heterocycles. The molecule has 1 amide bonds. The number of aryl methyl sites for hydroxylation is 2. The minimum atomic E-state index is -1.09. The number of benzene rings is 1. The third-order valence-corrected chi connectivity index (χ3v) is 4.00. The number of hydrogen-bond acceptors (Lipinski definition) is 4. The topological polar surface area (TPSA) is 102 Å². The molecule has 1 aromatic carbocycles. The van der Waals surface area contributed by atoms with Gasteiger partial charge in [0.25, 0.3) is 5.91 Å². The molecule has 0 bridgehead atoms. The number of anilines is 1. The van der Waals surface area contributed by atoms with Crippen molar-refractivity contribution in [2.75, 3.05) is 5.32 Å². The number of carbonyl (C=O) groups excluding carboxylic acids is 1. The van der Waals surface area contributed by atoms with Gasteiger partial charge in [0.2, 0.25) is 0 Å². The van der Waals surface area contributed by atoms with Gasteiger partial charge in [0.15, 0.2) is 0 Å². The van der Waals surface area contributed by atoms with Crippen molar-refractivity contribution in [1.29, 1.82) is 0 Å². The fourth-order valence-corrected chi connectivity index (χ4v) is 2.76. The van der Waals surface area contributed by atoms with Crippen LogP contribution in [0, 0.1) is 0 Å². The molecule has 0 aliphatic rings. The summed E-state index contributed by atoms with van der Waals surface area (Å²) in [6, 6.07) is 5.16. The molecule has 25 heavy (non-hydrogen) atoms. The lowest BCUT2D eigenvalue weighted by Crippen LogP contribution is -2.12. The highest BCUT2D eigenvalue weighted by Crippen LogP contribution is 2.32.